The average molecular weight is 290 g/mol. The fourth-order valence-corrected chi connectivity index (χ4v) is 2.39. The number of anilines is 2. The summed E-state index contributed by atoms with van der Waals surface area (Å²) in [6.07, 6.45) is 1.28. The molecule has 112 valence electrons. The molecule has 1 unspecified atom stereocenters. The van der Waals surface area contributed by atoms with E-state index in [1.54, 1.807) is 32.0 Å². The molecule has 3 rings (SSSR count). The second kappa shape index (κ2) is 5.04. The molecule has 1 fully saturated rings. The number of ether oxygens (including phenoxy) is 2. The normalized spacial score (nSPS) is 23.0. The van der Waals surface area contributed by atoms with Crippen molar-refractivity contribution in [3.05, 3.63) is 18.2 Å². The van der Waals surface area contributed by atoms with Gasteiger partial charge in [0.2, 0.25) is 0 Å². The topological polar surface area (TPSA) is 76.7 Å². The molecule has 2 amide bonds. The summed E-state index contributed by atoms with van der Waals surface area (Å²) in [5, 5.41) is 5.60. The van der Waals surface area contributed by atoms with Crippen molar-refractivity contribution < 1.29 is 19.1 Å². The van der Waals surface area contributed by atoms with Crippen LogP contribution in [0.2, 0.25) is 0 Å². The summed E-state index contributed by atoms with van der Waals surface area (Å²) in [5.74, 6) is 0.211. The number of hydrogen-bond acceptors (Lipinski definition) is 4. The maximum Gasteiger partial charge on any atom is 0.268 e. The minimum absolute atomic E-state index is 0.147. The van der Waals surface area contributed by atoms with Gasteiger partial charge in [0.1, 0.15) is 11.9 Å². The van der Waals surface area contributed by atoms with Crippen LogP contribution in [0.4, 0.5) is 11.4 Å². The number of hydrogen-bond donors (Lipinski definition) is 2. The molecule has 6 nitrogen and oxygen atoms in total. The molecule has 0 bridgehead atoms. The highest BCUT2D eigenvalue weighted by Crippen LogP contribution is 2.35. The molecule has 0 saturated carbocycles. The van der Waals surface area contributed by atoms with Gasteiger partial charge in [-0.15, -0.1) is 0 Å². The maximum atomic E-state index is 12.0. The third-order valence-corrected chi connectivity index (χ3v) is 3.63. The fraction of sp³-hybridized carbons (Fsp3) is 0.467. The fourth-order valence-electron chi connectivity index (χ4n) is 2.39. The lowest BCUT2D eigenvalue weighted by Gasteiger charge is -2.31. The SMILES string of the molecule is CC1(C)Oc2cc(NC(=O)C3CCCO3)ccc2NC1=O. The van der Waals surface area contributed by atoms with Crippen molar-refractivity contribution in [2.24, 2.45) is 0 Å². The van der Waals surface area contributed by atoms with E-state index in [1.165, 1.54) is 0 Å². The number of amides is 2. The molecule has 0 aliphatic carbocycles. The number of carbonyl (C=O) groups is 2. The Morgan fingerprint density at radius 3 is 2.95 bits per heavy atom. The Kier molecular flexibility index (Phi) is 3.33. The Morgan fingerprint density at radius 2 is 2.24 bits per heavy atom. The van der Waals surface area contributed by atoms with Gasteiger partial charge in [0, 0.05) is 18.4 Å². The minimum atomic E-state index is -0.926. The second-order valence-corrected chi connectivity index (χ2v) is 5.77. The van der Waals surface area contributed by atoms with Gasteiger partial charge in [-0.3, -0.25) is 9.59 Å². The quantitative estimate of drug-likeness (QED) is 0.872. The highest BCUT2D eigenvalue weighted by atomic mass is 16.5. The van der Waals surface area contributed by atoms with E-state index in [1.807, 2.05) is 0 Å². The summed E-state index contributed by atoms with van der Waals surface area (Å²) in [6.45, 7) is 4.03. The number of fused-ring (bicyclic) bond motifs is 1. The predicted octanol–water partition coefficient (Wildman–Crippen LogP) is 1.91. The van der Waals surface area contributed by atoms with Crippen molar-refractivity contribution in [3.8, 4) is 5.75 Å². The van der Waals surface area contributed by atoms with E-state index in [4.69, 9.17) is 9.47 Å². The summed E-state index contributed by atoms with van der Waals surface area (Å²) in [6, 6.07) is 5.16. The van der Waals surface area contributed by atoms with Crippen molar-refractivity contribution in [3.63, 3.8) is 0 Å². The first kappa shape index (κ1) is 13.9. The molecule has 1 aromatic rings. The number of benzene rings is 1. The largest absolute Gasteiger partial charge is 0.476 e. The number of carbonyl (C=O) groups excluding carboxylic acids is 2. The summed E-state index contributed by atoms with van der Waals surface area (Å²) in [5.41, 5.74) is 0.306. The summed E-state index contributed by atoms with van der Waals surface area (Å²) in [7, 11) is 0. The van der Waals surface area contributed by atoms with Crippen LogP contribution in [-0.2, 0) is 14.3 Å². The minimum Gasteiger partial charge on any atom is -0.476 e. The summed E-state index contributed by atoms with van der Waals surface area (Å²) < 4.78 is 11.0. The van der Waals surface area contributed by atoms with Crippen LogP contribution in [0.1, 0.15) is 26.7 Å². The first-order chi connectivity index (χ1) is 9.95. The van der Waals surface area contributed by atoms with E-state index < -0.39 is 5.60 Å². The third kappa shape index (κ3) is 2.71. The predicted molar refractivity (Wildman–Crippen MR) is 77.4 cm³/mol. The Balaban J connectivity index is 1.77. The average Bonchev–Trinajstić information content (AvgIpc) is 2.94. The van der Waals surface area contributed by atoms with Gasteiger partial charge in [-0.2, -0.15) is 0 Å². The van der Waals surface area contributed by atoms with Crippen molar-refractivity contribution >= 4 is 23.2 Å². The van der Waals surface area contributed by atoms with Crippen LogP contribution in [0.5, 0.6) is 5.75 Å². The van der Waals surface area contributed by atoms with E-state index in [0.29, 0.717) is 23.7 Å². The van der Waals surface area contributed by atoms with Gasteiger partial charge in [0.05, 0.1) is 5.69 Å². The standard InChI is InChI=1S/C15H18N2O4/c1-15(2)14(19)17-10-6-5-9(8-12(10)21-15)16-13(18)11-4-3-7-20-11/h5-6,8,11H,3-4,7H2,1-2H3,(H,16,18)(H,17,19). The zero-order valence-corrected chi connectivity index (χ0v) is 12.1. The Morgan fingerprint density at radius 1 is 1.43 bits per heavy atom. The zero-order valence-electron chi connectivity index (χ0n) is 12.1. The monoisotopic (exact) mass is 290 g/mol. The van der Waals surface area contributed by atoms with E-state index in [-0.39, 0.29) is 17.9 Å². The van der Waals surface area contributed by atoms with Crippen LogP contribution in [0, 0.1) is 0 Å². The molecule has 6 heteroatoms. The number of nitrogens with one attached hydrogen (secondary N) is 2. The molecule has 2 aliphatic heterocycles. The van der Waals surface area contributed by atoms with E-state index >= 15 is 0 Å². The van der Waals surface area contributed by atoms with Crippen molar-refractivity contribution in [2.45, 2.75) is 38.4 Å². The van der Waals surface area contributed by atoms with Gasteiger partial charge in [-0.25, -0.2) is 0 Å². The second-order valence-electron chi connectivity index (χ2n) is 5.77. The molecular weight excluding hydrogens is 272 g/mol. The van der Waals surface area contributed by atoms with Crippen LogP contribution >= 0.6 is 0 Å². The van der Waals surface area contributed by atoms with Gasteiger partial charge >= 0.3 is 0 Å². The van der Waals surface area contributed by atoms with Crippen molar-refractivity contribution in [1.82, 2.24) is 0 Å². The van der Waals surface area contributed by atoms with Gasteiger partial charge in [0.15, 0.2) is 5.60 Å². The molecule has 0 spiro atoms. The first-order valence-corrected chi connectivity index (χ1v) is 7.03. The summed E-state index contributed by atoms with van der Waals surface area (Å²) >= 11 is 0. The highest BCUT2D eigenvalue weighted by Gasteiger charge is 2.35. The lowest BCUT2D eigenvalue weighted by Crippen LogP contribution is -2.45. The Bertz CT molecular complexity index is 591. The lowest BCUT2D eigenvalue weighted by molar-refractivity contribution is -0.129. The van der Waals surface area contributed by atoms with Gasteiger partial charge in [0.25, 0.3) is 11.8 Å². The lowest BCUT2D eigenvalue weighted by atomic mass is 10.1. The number of rotatable bonds is 2. The molecule has 2 N–H and O–H groups in total. The first-order valence-electron chi connectivity index (χ1n) is 7.03. The zero-order chi connectivity index (χ0) is 15.0. The van der Waals surface area contributed by atoms with Crippen LogP contribution in [0.3, 0.4) is 0 Å². The highest BCUT2D eigenvalue weighted by molar-refractivity contribution is 6.01. The molecule has 2 heterocycles. The van der Waals surface area contributed by atoms with Gasteiger partial charge in [-0.1, -0.05) is 0 Å². The molecule has 2 aliphatic rings. The van der Waals surface area contributed by atoms with Crippen LogP contribution in [-0.4, -0.2) is 30.1 Å². The van der Waals surface area contributed by atoms with Crippen LogP contribution < -0.4 is 15.4 Å². The van der Waals surface area contributed by atoms with Crippen LogP contribution in [0.15, 0.2) is 18.2 Å². The maximum absolute atomic E-state index is 12.0. The summed E-state index contributed by atoms with van der Waals surface area (Å²) in [4.78, 5) is 23.8. The third-order valence-electron chi connectivity index (χ3n) is 3.63. The van der Waals surface area contributed by atoms with E-state index in [0.717, 1.165) is 12.8 Å². The molecule has 0 aromatic heterocycles. The van der Waals surface area contributed by atoms with E-state index in [2.05, 4.69) is 10.6 Å². The van der Waals surface area contributed by atoms with Gasteiger partial charge < -0.3 is 20.1 Å². The van der Waals surface area contributed by atoms with Gasteiger partial charge in [-0.05, 0) is 38.8 Å². The smallest absolute Gasteiger partial charge is 0.268 e. The molecule has 1 atom stereocenters. The van der Waals surface area contributed by atoms with Crippen molar-refractivity contribution in [1.29, 1.82) is 0 Å². The molecular formula is C15H18N2O4. The van der Waals surface area contributed by atoms with Crippen LogP contribution in [0.25, 0.3) is 0 Å². The molecule has 21 heavy (non-hydrogen) atoms. The molecule has 0 radical (unpaired) electrons. The molecule has 1 aromatic carbocycles. The van der Waals surface area contributed by atoms with Crippen molar-refractivity contribution in [2.75, 3.05) is 17.2 Å². The Hall–Kier alpha value is -2.08. The van der Waals surface area contributed by atoms with E-state index in [9.17, 15) is 9.59 Å². The molecule has 1 saturated heterocycles. The Labute approximate surface area is 122 Å².